The van der Waals surface area contributed by atoms with E-state index in [2.05, 4.69) is 5.32 Å². The van der Waals surface area contributed by atoms with Gasteiger partial charge in [-0.1, -0.05) is 36.4 Å². The van der Waals surface area contributed by atoms with Crippen molar-refractivity contribution in [1.29, 1.82) is 0 Å². The summed E-state index contributed by atoms with van der Waals surface area (Å²) in [4.78, 5) is 36.6. The fourth-order valence-electron chi connectivity index (χ4n) is 2.40. The maximum absolute atomic E-state index is 12.1. The molecule has 7 nitrogen and oxygen atoms in total. The Hall–Kier alpha value is -2.83. The van der Waals surface area contributed by atoms with Crippen LogP contribution in [0.4, 0.5) is 4.79 Å². The molecule has 0 spiro atoms. The van der Waals surface area contributed by atoms with Gasteiger partial charge in [0.25, 0.3) is 0 Å². The van der Waals surface area contributed by atoms with Gasteiger partial charge in [0.15, 0.2) is 0 Å². The third-order valence-corrected chi connectivity index (χ3v) is 3.77. The van der Waals surface area contributed by atoms with Crippen LogP contribution in [0.5, 0.6) is 0 Å². The van der Waals surface area contributed by atoms with Crippen molar-refractivity contribution < 1.29 is 23.9 Å². The largest absolute Gasteiger partial charge is 0.463 e. The Balaban J connectivity index is 1.69. The first-order valence-electron chi connectivity index (χ1n) is 8.13. The molecular weight excluding hydrogens is 324 g/mol. The van der Waals surface area contributed by atoms with Gasteiger partial charge in [-0.25, -0.2) is 9.59 Å². The van der Waals surface area contributed by atoms with Gasteiger partial charge in [0.1, 0.15) is 13.2 Å². The molecule has 1 aliphatic heterocycles. The maximum atomic E-state index is 12.1. The van der Waals surface area contributed by atoms with Gasteiger partial charge in [-0.3, -0.25) is 4.79 Å². The molecule has 0 aliphatic carbocycles. The van der Waals surface area contributed by atoms with Gasteiger partial charge in [-0.15, -0.1) is 0 Å². The highest BCUT2D eigenvalue weighted by molar-refractivity contribution is 5.86. The molecule has 7 heteroatoms. The van der Waals surface area contributed by atoms with Gasteiger partial charge in [-0.2, -0.15) is 0 Å². The van der Waals surface area contributed by atoms with Crippen LogP contribution >= 0.6 is 0 Å². The fourth-order valence-corrected chi connectivity index (χ4v) is 2.40. The third kappa shape index (κ3) is 5.63. The summed E-state index contributed by atoms with van der Waals surface area (Å²) >= 11 is 0. The van der Waals surface area contributed by atoms with Crippen LogP contribution in [0.3, 0.4) is 0 Å². The quantitative estimate of drug-likeness (QED) is 0.461. The van der Waals surface area contributed by atoms with E-state index in [0.29, 0.717) is 6.61 Å². The molecule has 1 heterocycles. The average molecular weight is 346 g/mol. The molecule has 0 unspecified atom stereocenters. The number of benzene rings is 1. The van der Waals surface area contributed by atoms with Crippen LogP contribution in [0.2, 0.25) is 0 Å². The minimum absolute atomic E-state index is 0.0136. The number of carbonyl (C=O) groups excluding carboxylic acids is 3. The highest BCUT2D eigenvalue weighted by Gasteiger charge is 2.45. The van der Waals surface area contributed by atoms with E-state index in [1.165, 1.54) is 6.08 Å². The predicted molar refractivity (Wildman–Crippen MR) is 90.5 cm³/mol. The van der Waals surface area contributed by atoms with Crippen LogP contribution in [0, 0.1) is 0 Å². The Kier molecular flexibility index (Phi) is 6.56. The van der Waals surface area contributed by atoms with E-state index < -0.39 is 12.1 Å². The van der Waals surface area contributed by atoms with Gasteiger partial charge >= 0.3 is 12.1 Å². The molecule has 2 amide bonds. The number of nitrogens with zero attached hydrogens (tertiary/aromatic N) is 1. The summed E-state index contributed by atoms with van der Waals surface area (Å²) in [5.74, 6) is -0.667. The minimum atomic E-state index is -0.648. The van der Waals surface area contributed by atoms with Crippen LogP contribution in [0.1, 0.15) is 19.4 Å². The molecule has 1 saturated heterocycles. The summed E-state index contributed by atoms with van der Waals surface area (Å²) in [6.07, 6.45) is 2.30. The van der Waals surface area contributed by atoms with Gasteiger partial charge in [-0.05, 0) is 19.4 Å². The van der Waals surface area contributed by atoms with Crippen LogP contribution in [0.25, 0.3) is 0 Å². The predicted octanol–water partition coefficient (Wildman–Crippen LogP) is 1.63. The number of nitrogens with one attached hydrogen (secondary N) is 1. The number of hydrogen-bond donors (Lipinski definition) is 1. The Morgan fingerprint density at radius 3 is 2.60 bits per heavy atom. The Bertz CT molecular complexity index is 644. The van der Waals surface area contributed by atoms with Crippen molar-refractivity contribution in [2.45, 2.75) is 32.5 Å². The van der Waals surface area contributed by atoms with Crippen LogP contribution in [-0.2, 0) is 25.7 Å². The summed E-state index contributed by atoms with van der Waals surface area (Å²) in [7, 11) is 0. The van der Waals surface area contributed by atoms with Crippen molar-refractivity contribution in [3.63, 3.8) is 0 Å². The summed E-state index contributed by atoms with van der Waals surface area (Å²) in [5.41, 5.74) is 0.868. The van der Waals surface area contributed by atoms with E-state index in [1.54, 1.807) is 17.9 Å². The molecule has 1 aliphatic rings. The SMILES string of the molecule is CCOC(=O)/C=C/[C@@H]1[C@@H](C)N1C(=O)CNC(=O)OCc1ccccc1. The van der Waals surface area contributed by atoms with E-state index in [1.807, 2.05) is 37.3 Å². The second-order valence-corrected chi connectivity index (χ2v) is 5.56. The second kappa shape index (κ2) is 8.86. The second-order valence-electron chi connectivity index (χ2n) is 5.56. The minimum Gasteiger partial charge on any atom is -0.463 e. The van der Waals surface area contributed by atoms with E-state index in [-0.39, 0.29) is 31.1 Å². The molecule has 1 fully saturated rings. The lowest BCUT2D eigenvalue weighted by Crippen LogP contribution is -2.33. The van der Waals surface area contributed by atoms with Crippen molar-refractivity contribution in [3.05, 3.63) is 48.0 Å². The normalized spacial score (nSPS) is 18.7. The standard InChI is InChI=1S/C18H22N2O5/c1-3-24-17(22)10-9-15-13(2)20(15)16(21)11-19-18(23)25-12-14-7-5-4-6-8-14/h4-10,13,15H,3,11-12H2,1-2H3,(H,19,23)/b10-9+/t13-,15-,20?/m1/s1. The molecule has 0 aromatic heterocycles. The average Bonchev–Trinajstić information content (AvgIpc) is 3.27. The molecule has 0 bridgehead atoms. The maximum Gasteiger partial charge on any atom is 0.407 e. The zero-order chi connectivity index (χ0) is 18.2. The lowest BCUT2D eigenvalue weighted by molar-refractivity contribution is -0.137. The number of ether oxygens (including phenoxy) is 2. The molecule has 25 heavy (non-hydrogen) atoms. The molecule has 134 valence electrons. The summed E-state index contributed by atoms with van der Waals surface area (Å²) in [6, 6.07) is 9.10. The lowest BCUT2D eigenvalue weighted by Gasteiger charge is -2.07. The zero-order valence-corrected chi connectivity index (χ0v) is 14.3. The van der Waals surface area contributed by atoms with E-state index in [0.717, 1.165) is 5.56 Å². The molecule has 0 saturated carbocycles. The molecule has 1 N–H and O–H groups in total. The number of hydrogen-bond acceptors (Lipinski definition) is 5. The first kappa shape index (κ1) is 18.5. The molecular formula is C18H22N2O5. The Morgan fingerprint density at radius 1 is 1.20 bits per heavy atom. The Labute approximate surface area is 146 Å². The molecule has 1 aromatic rings. The molecule has 2 rings (SSSR count). The van der Waals surface area contributed by atoms with Gasteiger partial charge in [0.05, 0.1) is 18.7 Å². The number of carbonyl (C=O) groups is 3. The first-order valence-corrected chi connectivity index (χ1v) is 8.13. The first-order chi connectivity index (χ1) is 12.0. The lowest BCUT2D eigenvalue weighted by atomic mass is 10.2. The van der Waals surface area contributed by atoms with Crippen LogP contribution in [-0.4, -0.2) is 48.1 Å². The Morgan fingerprint density at radius 2 is 1.92 bits per heavy atom. The van der Waals surface area contributed by atoms with Crippen molar-refractivity contribution >= 4 is 18.0 Å². The van der Waals surface area contributed by atoms with Crippen molar-refractivity contribution in [2.75, 3.05) is 13.2 Å². The summed E-state index contributed by atoms with van der Waals surface area (Å²) in [5, 5.41) is 2.43. The fraction of sp³-hybridized carbons (Fsp3) is 0.389. The smallest absolute Gasteiger partial charge is 0.407 e. The van der Waals surface area contributed by atoms with Crippen molar-refractivity contribution in [3.8, 4) is 0 Å². The highest BCUT2D eigenvalue weighted by Crippen LogP contribution is 2.28. The zero-order valence-electron chi connectivity index (χ0n) is 14.3. The molecule has 1 aromatic carbocycles. The summed E-state index contributed by atoms with van der Waals surface area (Å²) < 4.78 is 9.83. The highest BCUT2D eigenvalue weighted by atomic mass is 16.5. The van der Waals surface area contributed by atoms with Crippen molar-refractivity contribution in [2.24, 2.45) is 0 Å². The summed E-state index contributed by atoms with van der Waals surface area (Å²) in [6.45, 7) is 3.89. The third-order valence-electron chi connectivity index (χ3n) is 3.77. The van der Waals surface area contributed by atoms with Crippen LogP contribution < -0.4 is 5.32 Å². The van der Waals surface area contributed by atoms with E-state index in [9.17, 15) is 14.4 Å². The number of rotatable bonds is 7. The van der Waals surface area contributed by atoms with Crippen molar-refractivity contribution in [1.82, 2.24) is 10.2 Å². The van der Waals surface area contributed by atoms with Crippen LogP contribution in [0.15, 0.2) is 42.5 Å². The van der Waals surface area contributed by atoms with Gasteiger partial charge < -0.3 is 19.7 Å². The number of alkyl carbamates (subject to hydrolysis) is 1. The monoisotopic (exact) mass is 346 g/mol. The van der Waals surface area contributed by atoms with E-state index in [4.69, 9.17) is 9.47 Å². The van der Waals surface area contributed by atoms with Gasteiger partial charge in [0.2, 0.25) is 5.91 Å². The topological polar surface area (TPSA) is 84.7 Å². The molecule has 0 radical (unpaired) electrons. The number of esters is 1. The van der Waals surface area contributed by atoms with E-state index >= 15 is 0 Å². The number of amides is 2. The molecule has 2 atom stereocenters. The van der Waals surface area contributed by atoms with Gasteiger partial charge in [0, 0.05) is 6.08 Å².